The van der Waals surface area contributed by atoms with Gasteiger partial charge in [0.05, 0.1) is 22.9 Å². The van der Waals surface area contributed by atoms with Crippen LogP contribution in [-0.2, 0) is 9.84 Å². The number of hydrogen-bond donors (Lipinski definition) is 1. The van der Waals surface area contributed by atoms with Crippen LogP contribution < -0.4 is 10.1 Å². The molecule has 1 heterocycles. The van der Waals surface area contributed by atoms with Gasteiger partial charge in [-0.25, -0.2) is 8.42 Å². The summed E-state index contributed by atoms with van der Waals surface area (Å²) in [5.41, 5.74) is 0.808. The van der Waals surface area contributed by atoms with Crippen molar-refractivity contribution in [3.63, 3.8) is 0 Å². The zero-order valence-electron chi connectivity index (χ0n) is 15.0. The molecule has 0 bridgehead atoms. The molecule has 0 aliphatic carbocycles. The fraction of sp³-hybridized carbons (Fsp3) is 0.222. The topological polar surface area (TPSA) is 81.2 Å². The molecule has 0 unspecified atom stereocenters. The third kappa shape index (κ3) is 5.60. The Morgan fingerprint density at radius 2 is 1.89 bits per heavy atom. The molecule has 148 valence electrons. The van der Waals surface area contributed by atoms with Crippen LogP contribution >= 0.6 is 34.7 Å². The highest BCUT2D eigenvalue weighted by molar-refractivity contribution is 8.02. The Labute approximate surface area is 177 Å². The largest absolute Gasteiger partial charge is 0.492 e. The number of ether oxygens (including phenoxy) is 1. The third-order valence-electron chi connectivity index (χ3n) is 3.59. The quantitative estimate of drug-likeness (QED) is 0.459. The smallest absolute Gasteiger partial charge is 0.210 e. The molecule has 2 aromatic carbocycles. The van der Waals surface area contributed by atoms with E-state index in [2.05, 4.69) is 15.5 Å². The van der Waals surface area contributed by atoms with E-state index >= 15 is 0 Å². The number of anilines is 2. The molecule has 0 aliphatic heterocycles. The molecule has 0 saturated carbocycles. The van der Waals surface area contributed by atoms with E-state index < -0.39 is 9.84 Å². The van der Waals surface area contributed by atoms with Gasteiger partial charge in [0, 0.05) is 10.8 Å². The van der Waals surface area contributed by atoms with Gasteiger partial charge < -0.3 is 10.1 Å². The van der Waals surface area contributed by atoms with Gasteiger partial charge in [0.1, 0.15) is 5.75 Å². The summed E-state index contributed by atoms with van der Waals surface area (Å²) < 4.78 is 31.0. The number of thioether (sulfide) groups is 1. The van der Waals surface area contributed by atoms with Crippen LogP contribution in [-0.4, -0.2) is 36.7 Å². The summed E-state index contributed by atoms with van der Waals surface area (Å²) in [4.78, 5) is 0.268. The van der Waals surface area contributed by atoms with Crippen molar-refractivity contribution in [2.24, 2.45) is 0 Å². The number of nitrogens with zero attached hydrogens (tertiary/aromatic N) is 2. The van der Waals surface area contributed by atoms with Crippen LogP contribution in [0.5, 0.6) is 5.75 Å². The second-order valence-electron chi connectivity index (χ2n) is 5.55. The number of halogens is 1. The summed E-state index contributed by atoms with van der Waals surface area (Å²) in [5, 5.41) is 12.5. The van der Waals surface area contributed by atoms with E-state index in [4.69, 9.17) is 16.3 Å². The molecule has 0 spiro atoms. The molecule has 0 radical (unpaired) electrons. The van der Waals surface area contributed by atoms with E-state index in [-0.39, 0.29) is 10.6 Å². The van der Waals surface area contributed by atoms with Gasteiger partial charge in [-0.05, 0) is 43.3 Å². The third-order valence-corrected chi connectivity index (χ3v) is 7.80. The number of para-hydroxylation sites is 2. The molecule has 1 aromatic heterocycles. The van der Waals surface area contributed by atoms with Crippen LogP contribution in [0.15, 0.2) is 57.8 Å². The van der Waals surface area contributed by atoms with Crippen molar-refractivity contribution in [3.8, 4) is 5.75 Å². The minimum atomic E-state index is -3.36. The lowest BCUT2D eigenvalue weighted by molar-refractivity contribution is 0.342. The van der Waals surface area contributed by atoms with Gasteiger partial charge in [-0.15, -0.1) is 10.2 Å². The van der Waals surface area contributed by atoms with Crippen LogP contribution in [0.3, 0.4) is 0 Å². The van der Waals surface area contributed by atoms with E-state index in [0.29, 0.717) is 26.9 Å². The Morgan fingerprint density at radius 1 is 1.14 bits per heavy atom. The average molecular weight is 456 g/mol. The standard InChI is InChI=1S/C18H18ClN3O3S3/c1-2-25-16-6-4-3-5-15(16)20-17-21-22-18(27-17)26-11-12-28(23,24)14-9-7-13(19)8-10-14/h3-10H,2,11-12H2,1H3,(H,20,21). The fourth-order valence-corrected chi connectivity index (χ4v) is 5.89. The molecule has 0 fully saturated rings. The molecule has 1 N–H and O–H groups in total. The SMILES string of the molecule is CCOc1ccccc1Nc1nnc(SCCS(=O)(=O)c2ccc(Cl)cc2)s1. The summed E-state index contributed by atoms with van der Waals surface area (Å²) >= 11 is 8.53. The molecule has 3 rings (SSSR count). The zero-order valence-corrected chi connectivity index (χ0v) is 18.2. The monoisotopic (exact) mass is 455 g/mol. The number of sulfone groups is 1. The van der Waals surface area contributed by atoms with Crippen molar-refractivity contribution in [3.05, 3.63) is 53.6 Å². The number of benzene rings is 2. The maximum absolute atomic E-state index is 12.4. The minimum absolute atomic E-state index is 0.00874. The first kappa shape index (κ1) is 20.9. The highest BCUT2D eigenvalue weighted by Gasteiger charge is 2.15. The van der Waals surface area contributed by atoms with Gasteiger partial charge in [-0.1, -0.05) is 46.8 Å². The maximum Gasteiger partial charge on any atom is 0.210 e. The first-order chi connectivity index (χ1) is 13.5. The first-order valence-electron chi connectivity index (χ1n) is 8.41. The highest BCUT2D eigenvalue weighted by atomic mass is 35.5. The van der Waals surface area contributed by atoms with Crippen LogP contribution in [0.25, 0.3) is 0 Å². The second kappa shape index (κ2) is 9.60. The van der Waals surface area contributed by atoms with Crippen molar-refractivity contribution in [2.75, 3.05) is 23.4 Å². The van der Waals surface area contributed by atoms with Gasteiger partial charge in [-0.3, -0.25) is 0 Å². The van der Waals surface area contributed by atoms with Crippen molar-refractivity contribution in [1.29, 1.82) is 0 Å². The van der Waals surface area contributed by atoms with Crippen molar-refractivity contribution < 1.29 is 13.2 Å². The van der Waals surface area contributed by atoms with E-state index in [1.165, 1.54) is 35.2 Å². The number of hydrogen-bond acceptors (Lipinski definition) is 8. The molecular weight excluding hydrogens is 438 g/mol. The Hall–Kier alpha value is -1.81. The molecule has 0 atom stereocenters. The lowest BCUT2D eigenvalue weighted by Crippen LogP contribution is -2.08. The van der Waals surface area contributed by atoms with Gasteiger partial charge >= 0.3 is 0 Å². The summed E-state index contributed by atoms with van der Waals surface area (Å²) in [6.07, 6.45) is 0. The minimum Gasteiger partial charge on any atom is -0.492 e. The lowest BCUT2D eigenvalue weighted by Gasteiger charge is -2.09. The highest BCUT2D eigenvalue weighted by Crippen LogP contribution is 2.31. The van der Waals surface area contributed by atoms with Crippen LogP contribution in [0.1, 0.15) is 6.92 Å². The van der Waals surface area contributed by atoms with E-state index in [9.17, 15) is 8.42 Å². The Balaban J connectivity index is 1.57. The maximum atomic E-state index is 12.4. The van der Waals surface area contributed by atoms with Gasteiger partial charge in [-0.2, -0.15) is 0 Å². The molecule has 0 amide bonds. The summed E-state index contributed by atoms with van der Waals surface area (Å²) in [6, 6.07) is 13.8. The van der Waals surface area contributed by atoms with E-state index in [0.717, 1.165) is 11.4 Å². The molecular formula is C18H18ClN3O3S3. The number of nitrogens with one attached hydrogen (secondary N) is 1. The lowest BCUT2D eigenvalue weighted by atomic mass is 10.3. The molecule has 6 nitrogen and oxygen atoms in total. The predicted molar refractivity (Wildman–Crippen MR) is 115 cm³/mol. The van der Waals surface area contributed by atoms with Crippen LogP contribution in [0.2, 0.25) is 5.02 Å². The van der Waals surface area contributed by atoms with Gasteiger partial charge in [0.25, 0.3) is 0 Å². The Morgan fingerprint density at radius 3 is 2.64 bits per heavy atom. The average Bonchev–Trinajstić information content (AvgIpc) is 3.11. The fourth-order valence-electron chi connectivity index (χ4n) is 2.28. The summed E-state index contributed by atoms with van der Waals surface area (Å²) in [7, 11) is -3.36. The van der Waals surface area contributed by atoms with E-state index in [1.807, 2.05) is 31.2 Å². The molecule has 28 heavy (non-hydrogen) atoms. The number of aromatic nitrogens is 2. The van der Waals surface area contributed by atoms with Crippen molar-refractivity contribution >= 4 is 55.4 Å². The Bertz CT molecular complexity index is 1020. The number of rotatable bonds is 9. The predicted octanol–water partition coefficient (Wildman–Crippen LogP) is 4.90. The van der Waals surface area contributed by atoms with Gasteiger partial charge in [0.2, 0.25) is 5.13 Å². The van der Waals surface area contributed by atoms with Crippen LogP contribution in [0.4, 0.5) is 10.8 Å². The molecule has 3 aromatic rings. The van der Waals surface area contributed by atoms with Gasteiger partial charge in [0.15, 0.2) is 14.2 Å². The van der Waals surface area contributed by atoms with Crippen LogP contribution in [0, 0.1) is 0 Å². The summed E-state index contributed by atoms with van der Waals surface area (Å²) in [5.74, 6) is 1.13. The zero-order chi connectivity index (χ0) is 20.0. The molecule has 10 heteroatoms. The summed E-state index contributed by atoms with van der Waals surface area (Å²) in [6.45, 7) is 2.49. The van der Waals surface area contributed by atoms with Crippen molar-refractivity contribution in [1.82, 2.24) is 10.2 Å². The second-order valence-corrected chi connectivity index (χ2v) is 10.4. The Kier molecular flexibility index (Phi) is 7.17. The normalized spacial score (nSPS) is 11.4. The molecule has 0 aliphatic rings. The van der Waals surface area contributed by atoms with E-state index in [1.54, 1.807) is 12.1 Å². The van der Waals surface area contributed by atoms with Crippen molar-refractivity contribution in [2.45, 2.75) is 16.2 Å². The first-order valence-corrected chi connectivity index (χ1v) is 12.2. The molecule has 0 saturated heterocycles.